The van der Waals surface area contributed by atoms with Gasteiger partial charge < -0.3 is 9.94 Å². The lowest BCUT2D eigenvalue weighted by Crippen LogP contribution is -2.37. The average molecular weight is 310 g/mol. The minimum atomic E-state index is -0.871. The number of ether oxygens (including phenoxy) is 1. The normalized spacial score (nSPS) is 10.5. The summed E-state index contributed by atoms with van der Waals surface area (Å²) >= 11 is 0. The molecular weight excluding hydrogens is 296 g/mol. The summed E-state index contributed by atoms with van der Waals surface area (Å²) in [5.41, 5.74) is 0.0577. The molecule has 2 aromatic carbocycles. The Hall–Kier alpha value is -3.28. The zero-order valence-electron chi connectivity index (χ0n) is 12.3. The predicted octanol–water partition coefficient (Wildman–Crippen LogP) is 2.24. The van der Waals surface area contributed by atoms with E-state index >= 15 is 0 Å². The summed E-state index contributed by atoms with van der Waals surface area (Å²) in [5, 5.41) is 9.33. The van der Waals surface area contributed by atoms with E-state index in [1.54, 1.807) is 12.1 Å². The number of hydrogen-bond donors (Lipinski definition) is 1. The molecule has 116 valence electrons. The van der Waals surface area contributed by atoms with Crippen molar-refractivity contribution in [3.05, 3.63) is 81.5 Å². The molecule has 6 heteroatoms. The highest BCUT2D eigenvalue weighted by Crippen LogP contribution is 2.32. The highest BCUT2D eigenvalue weighted by atomic mass is 16.5. The lowest BCUT2D eigenvalue weighted by molar-refractivity contribution is 0.153. The fraction of sp³-hybridized carbons (Fsp3) is 0.0588. The second-order valence-electron chi connectivity index (χ2n) is 4.94. The van der Waals surface area contributed by atoms with Crippen LogP contribution in [-0.2, 0) is 7.05 Å². The van der Waals surface area contributed by atoms with Crippen LogP contribution in [0.25, 0.3) is 11.1 Å². The van der Waals surface area contributed by atoms with E-state index in [9.17, 15) is 14.8 Å². The molecule has 0 saturated carbocycles. The predicted molar refractivity (Wildman–Crippen MR) is 85.1 cm³/mol. The maximum atomic E-state index is 11.8. The van der Waals surface area contributed by atoms with Gasteiger partial charge in [0, 0.05) is 12.6 Å². The molecule has 0 bridgehead atoms. The van der Waals surface area contributed by atoms with Crippen molar-refractivity contribution in [2.45, 2.75) is 0 Å². The van der Waals surface area contributed by atoms with Gasteiger partial charge in [0.2, 0.25) is 5.88 Å². The third kappa shape index (κ3) is 2.74. The van der Waals surface area contributed by atoms with E-state index in [4.69, 9.17) is 4.74 Å². The van der Waals surface area contributed by atoms with Gasteiger partial charge in [0.05, 0.1) is 6.07 Å². The van der Waals surface area contributed by atoms with E-state index in [-0.39, 0.29) is 10.6 Å². The van der Waals surface area contributed by atoms with E-state index in [1.807, 2.05) is 42.5 Å². The zero-order valence-corrected chi connectivity index (χ0v) is 12.3. The molecule has 0 aliphatic carbocycles. The molecule has 1 aromatic heterocycles. The minimum Gasteiger partial charge on any atom is -0.440 e. The fourth-order valence-electron chi connectivity index (χ4n) is 2.22. The molecule has 0 radical (unpaired) electrons. The topological polar surface area (TPSA) is 73.5 Å². The van der Waals surface area contributed by atoms with E-state index < -0.39 is 11.2 Å². The maximum Gasteiger partial charge on any atom is 0.366 e. The molecule has 0 fully saturated rings. The van der Waals surface area contributed by atoms with Crippen LogP contribution in [0.2, 0.25) is 0 Å². The van der Waals surface area contributed by atoms with Crippen LogP contribution in [0.1, 0.15) is 0 Å². The van der Waals surface area contributed by atoms with E-state index in [0.717, 1.165) is 21.8 Å². The van der Waals surface area contributed by atoms with Gasteiger partial charge in [-0.2, -0.15) is 0 Å². The average Bonchev–Trinajstić information content (AvgIpc) is 2.59. The number of benzene rings is 2. The van der Waals surface area contributed by atoms with Gasteiger partial charge >= 0.3 is 5.69 Å². The lowest BCUT2D eigenvalue weighted by atomic mass is 10.1. The summed E-state index contributed by atoms with van der Waals surface area (Å²) in [5.74, 6) is 0.553. The molecule has 0 aliphatic heterocycles. The van der Waals surface area contributed by atoms with Crippen LogP contribution < -0.4 is 16.0 Å². The van der Waals surface area contributed by atoms with Gasteiger partial charge in [0.15, 0.2) is 0 Å². The molecule has 0 saturated heterocycles. The monoisotopic (exact) mass is 310 g/mol. The lowest BCUT2D eigenvalue weighted by Gasteiger charge is -2.13. The Labute approximate surface area is 131 Å². The van der Waals surface area contributed by atoms with E-state index in [1.165, 1.54) is 7.05 Å². The number of para-hydroxylation sites is 1. The number of aromatic nitrogens is 2. The third-order valence-corrected chi connectivity index (χ3v) is 3.44. The maximum absolute atomic E-state index is 11.8. The minimum absolute atomic E-state index is 0.0377. The first-order chi connectivity index (χ1) is 11.1. The van der Waals surface area contributed by atoms with Crippen molar-refractivity contribution in [3.63, 3.8) is 0 Å². The Morgan fingerprint density at radius 2 is 1.61 bits per heavy atom. The van der Waals surface area contributed by atoms with Crippen molar-refractivity contribution in [1.29, 1.82) is 0 Å². The molecule has 0 atom stereocenters. The Kier molecular flexibility index (Phi) is 3.72. The third-order valence-electron chi connectivity index (χ3n) is 3.44. The molecule has 0 aliphatic rings. The van der Waals surface area contributed by atoms with Crippen LogP contribution in [0.3, 0.4) is 0 Å². The second-order valence-corrected chi connectivity index (χ2v) is 4.94. The summed E-state index contributed by atoms with van der Waals surface area (Å²) in [7, 11) is 1.41. The van der Waals surface area contributed by atoms with Crippen molar-refractivity contribution in [2.24, 2.45) is 7.05 Å². The van der Waals surface area contributed by atoms with Gasteiger partial charge in [-0.1, -0.05) is 53.3 Å². The quantitative estimate of drug-likeness (QED) is 0.753. The highest BCUT2D eigenvalue weighted by molar-refractivity contribution is 5.70. The Morgan fingerprint density at radius 1 is 0.957 bits per heavy atom. The van der Waals surface area contributed by atoms with Gasteiger partial charge in [-0.15, -0.1) is 0 Å². The summed E-state index contributed by atoms with van der Waals surface area (Å²) in [4.78, 5) is 23.3. The second kappa shape index (κ2) is 5.84. The van der Waals surface area contributed by atoms with Crippen molar-refractivity contribution < 1.29 is 9.94 Å². The molecule has 3 aromatic rings. The van der Waals surface area contributed by atoms with Crippen LogP contribution >= 0.6 is 0 Å². The summed E-state index contributed by atoms with van der Waals surface area (Å²) < 4.78 is 6.85. The van der Waals surface area contributed by atoms with Gasteiger partial charge in [0.25, 0.3) is 5.56 Å². The van der Waals surface area contributed by atoms with Crippen LogP contribution in [0.5, 0.6) is 11.6 Å². The SMILES string of the molecule is Cn1c(Oc2ccccc2-c2ccccc2)cc(=O)n(O)c1=O. The molecular formula is C17H14N2O4. The molecule has 0 amide bonds. The summed E-state index contributed by atoms with van der Waals surface area (Å²) in [6.07, 6.45) is 0. The van der Waals surface area contributed by atoms with Crippen molar-refractivity contribution in [3.8, 4) is 22.8 Å². The Morgan fingerprint density at radius 3 is 2.35 bits per heavy atom. The summed E-state index contributed by atoms with van der Waals surface area (Å²) in [6.45, 7) is 0. The molecule has 0 spiro atoms. The van der Waals surface area contributed by atoms with Gasteiger partial charge in [-0.3, -0.25) is 9.36 Å². The van der Waals surface area contributed by atoms with Crippen LogP contribution in [0.15, 0.2) is 70.3 Å². The first kappa shape index (κ1) is 14.6. The number of hydrogen-bond acceptors (Lipinski definition) is 4. The van der Waals surface area contributed by atoms with Crippen LogP contribution in [0.4, 0.5) is 0 Å². The Bertz CT molecular complexity index is 958. The fourth-order valence-corrected chi connectivity index (χ4v) is 2.22. The smallest absolute Gasteiger partial charge is 0.366 e. The zero-order chi connectivity index (χ0) is 16.4. The van der Waals surface area contributed by atoms with E-state index in [2.05, 4.69) is 0 Å². The number of rotatable bonds is 3. The molecule has 1 heterocycles. The van der Waals surface area contributed by atoms with E-state index in [0.29, 0.717) is 5.75 Å². The van der Waals surface area contributed by atoms with Crippen LogP contribution in [-0.4, -0.2) is 14.5 Å². The molecule has 6 nitrogen and oxygen atoms in total. The first-order valence-corrected chi connectivity index (χ1v) is 6.92. The van der Waals surface area contributed by atoms with Gasteiger partial charge in [0.1, 0.15) is 5.75 Å². The molecule has 3 rings (SSSR count). The van der Waals surface area contributed by atoms with Crippen LogP contribution in [0, 0.1) is 0 Å². The van der Waals surface area contributed by atoms with Crippen molar-refractivity contribution in [1.82, 2.24) is 9.30 Å². The standard InChI is InChI=1S/C17H14N2O4/c1-18-16(11-15(20)19(22)17(18)21)23-14-10-6-5-9-13(14)12-7-3-2-4-8-12/h2-11,22H,1H3. The van der Waals surface area contributed by atoms with Gasteiger partial charge in [-0.05, 0) is 11.6 Å². The van der Waals surface area contributed by atoms with Crippen molar-refractivity contribution in [2.75, 3.05) is 0 Å². The van der Waals surface area contributed by atoms with Gasteiger partial charge in [-0.25, -0.2) is 4.79 Å². The summed E-state index contributed by atoms with van der Waals surface area (Å²) in [6, 6.07) is 18.0. The van der Waals surface area contributed by atoms with Crippen molar-refractivity contribution >= 4 is 0 Å². The Balaban J connectivity index is 2.09. The largest absolute Gasteiger partial charge is 0.440 e. The molecule has 23 heavy (non-hydrogen) atoms. The highest BCUT2D eigenvalue weighted by Gasteiger charge is 2.12. The molecule has 0 unspecified atom stereocenters. The number of nitrogens with zero attached hydrogens (tertiary/aromatic N) is 2. The molecule has 1 N–H and O–H groups in total. The first-order valence-electron chi connectivity index (χ1n) is 6.92.